The summed E-state index contributed by atoms with van der Waals surface area (Å²) >= 11 is 0. The molecule has 0 fully saturated rings. The normalized spacial score (nSPS) is 14.3. The van der Waals surface area contributed by atoms with Crippen LogP contribution in [0.1, 0.15) is 35.8 Å². The van der Waals surface area contributed by atoms with Crippen molar-refractivity contribution in [3.05, 3.63) is 211 Å². The molecule has 53 heavy (non-hydrogen) atoms. The van der Waals surface area contributed by atoms with E-state index >= 15 is 0 Å². The van der Waals surface area contributed by atoms with E-state index in [0.29, 0.717) is 5.56 Å². The van der Waals surface area contributed by atoms with E-state index in [2.05, 4.69) is 176 Å². The minimum atomic E-state index is -0.410. The molecule has 0 bridgehead atoms. The first-order chi connectivity index (χ1) is 26.2. The van der Waals surface area contributed by atoms with Crippen molar-refractivity contribution in [3.63, 3.8) is 0 Å². The summed E-state index contributed by atoms with van der Waals surface area (Å²) in [7, 11) is 0. The molecule has 0 spiro atoms. The zero-order chi connectivity index (χ0) is 35.8. The van der Waals surface area contributed by atoms with E-state index in [1.165, 1.54) is 27.8 Å². The molecule has 1 aromatic heterocycles. The van der Waals surface area contributed by atoms with Crippen molar-refractivity contribution in [1.29, 1.82) is 5.26 Å². The monoisotopic (exact) mass is 680 g/mol. The third-order valence-electron chi connectivity index (χ3n) is 10.7. The van der Waals surface area contributed by atoms with Gasteiger partial charge in [-0.15, -0.1) is 0 Å². The SMILES string of the molecule is CCC1(c2ccccc2)c2ccccc2-c2c1oc(-c1ccc(N(c3ccc(C#N)cc3)c3ccc(-c4ccccc4)cc3)cc1)c2-c1ccccc1. The van der Waals surface area contributed by atoms with Crippen molar-refractivity contribution in [3.8, 4) is 50.8 Å². The van der Waals surface area contributed by atoms with Crippen LogP contribution in [0.15, 0.2) is 192 Å². The lowest BCUT2D eigenvalue weighted by molar-refractivity contribution is 0.437. The molecule has 1 aliphatic rings. The van der Waals surface area contributed by atoms with Gasteiger partial charge in [0.05, 0.1) is 17.0 Å². The number of rotatable bonds is 8. The van der Waals surface area contributed by atoms with Gasteiger partial charge in [-0.25, -0.2) is 0 Å². The summed E-state index contributed by atoms with van der Waals surface area (Å²) in [5.41, 5.74) is 13.7. The Balaban J connectivity index is 1.19. The zero-order valence-corrected chi connectivity index (χ0v) is 29.4. The molecular weight excluding hydrogens is 645 g/mol. The van der Waals surface area contributed by atoms with Crippen LogP contribution in [0.2, 0.25) is 0 Å². The number of fused-ring (bicyclic) bond motifs is 3. The molecule has 0 radical (unpaired) electrons. The molecule has 3 heteroatoms. The molecule has 0 aliphatic heterocycles. The van der Waals surface area contributed by atoms with Gasteiger partial charge in [0.2, 0.25) is 0 Å². The van der Waals surface area contributed by atoms with Gasteiger partial charge in [0.1, 0.15) is 11.5 Å². The Hall–Kier alpha value is -6.89. The summed E-state index contributed by atoms with van der Waals surface area (Å²) < 4.78 is 7.25. The summed E-state index contributed by atoms with van der Waals surface area (Å²) in [6.45, 7) is 2.27. The van der Waals surface area contributed by atoms with Crippen LogP contribution in [0.25, 0.3) is 44.7 Å². The van der Waals surface area contributed by atoms with Gasteiger partial charge in [0.25, 0.3) is 0 Å². The number of benzene rings is 7. The third-order valence-corrected chi connectivity index (χ3v) is 10.7. The maximum atomic E-state index is 9.52. The first-order valence-corrected chi connectivity index (χ1v) is 18.1. The van der Waals surface area contributed by atoms with Crippen LogP contribution >= 0.6 is 0 Å². The van der Waals surface area contributed by atoms with Gasteiger partial charge in [-0.3, -0.25) is 0 Å². The Morgan fingerprint density at radius 3 is 1.58 bits per heavy atom. The van der Waals surface area contributed by atoms with Gasteiger partial charge in [-0.1, -0.05) is 134 Å². The van der Waals surface area contributed by atoms with Crippen LogP contribution in [-0.4, -0.2) is 0 Å². The highest BCUT2D eigenvalue weighted by Crippen LogP contribution is 2.60. The highest BCUT2D eigenvalue weighted by Gasteiger charge is 2.48. The van der Waals surface area contributed by atoms with Crippen LogP contribution in [0.5, 0.6) is 0 Å². The molecule has 8 aromatic rings. The molecule has 9 rings (SSSR count). The maximum Gasteiger partial charge on any atom is 0.142 e. The second-order valence-corrected chi connectivity index (χ2v) is 13.5. The number of anilines is 3. The quantitative estimate of drug-likeness (QED) is 0.160. The molecule has 0 amide bonds. The van der Waals surface area contributed by atoms with E-state index in [1.807, 2.05) is 30.3 Å². The zero-order valence-electron chi connectivity index (χ0n) is 29.4. The Morgan fingerprint density at radius 2 is 1.00 bits per heavy atom. The topological polar surface area (TPSA) is 40.2 Å². The van der Waals surface area contributed by atoms with Crippen molar-refractivity contribution in [2.24, 2.45) is 0 Å². The minimum Gasteiger partial charge on any atom is -0.458 e. The molecule has 0 N–H and O–H groups in total. The molecule has 0 saturated carbocycles. The highest BCUT2D eigenvalue weighted by atomic mass is 16.3. The van der Waals surface area contributed by atoms with Crippen LogP contribution in [0, 0.1) is 11.3 Å². The van der Waals surface area contributed by atoms with Crippen LogP contribution in [0.4, 0.5) is 17.1 Å². The van der Waals surface area contributed by atoms with Crippen LogP contribution < -0.4 is 4.90 Å². The first-order valence-electron chi connectivity index (χ1n) is 18.1. The van der Waals surface area contributed by atoms with E-state index in [-0.39, 0.29) is 0 Å². The lowest BCUT2D eigenvalue weighted by Crippen LogP contribution is -2.25. The summed E-state index contributed by atoms with van der Waals surface area (Å²) in [6, 6.07) is 68.0. The predicted octanol–water partition coefficient (Wildman–Crippen LogP) is 13.3. The van der Waals surface area contributed by atoms with Gasteiger partial charge in [0.15, 0.2) is 0 Å². The summed E-state index contributed by atoms with van der Waals surface area (Å²) in [4.78, 5) is 2.23. The first kappa shape index (κ1) is 32.0. The lowest BCUT2D eigenvalue weighted by Gasteiger charge is -2.29. The van der Waals surface area contributed by atoms with Crippen molar-refractivity contribution < 1.29 is 4.42 Å². The fourth-order valence-corrected chi connectivity index (χ4v) is 8.16. The minimum absolute atomic E-state index is 0.410. The standard InChI is InChI=1S/C50H36N2O/c1-2-50(40-18-10-5-11-19-40)45-21-13-12-20-44(45)47-46(38-16-8-4-9-17-38)48(53-49(47)50)39-26-32-43(33-27-39)52(41-28-22-35(34-51)23-29-41)42-30-24-37(25-31-42)36-14-6-3-7-15-36/h3-33H,2H2,1H3. The van der Waals surface area contributed by atoms with Crippen LogP contribution in [0.3, 0.4) is 0 Å². The van der Waals surface area contributed by atoms with Gasteiger partial charge in [-0.2, -0.15) is 5.26 Å². The third kappa shape index (κ3) is 5.36. The van der Waals surface area contributed by atoms with Crippen LogP contribution in [-0.2, 0) is 5.41 Å². The number of nitriles is 1. The summed E-state index contributed by atoms with van der Waals surface area (Å²) in [5, 5.41) is 9.52. The Bertz CT molecular complexity index is 2570. The number of nitrogens with zero attached hydrogens (tertiary/aromatic N) is 2. The number of furan rings is 1. The molecule has 1 heterocycles. The second kappa shape index (κ2) is 13.3. The number of hydrogen-bond acceptors (Lipinski definition) is 3. The molecule has 1 aliphatic carbocycles. The molecular formula is C50H36N2O. The number of hydrogen-bond donors (Lipinski definition) is 0. The van der Waals surface area contributed by atoms with E-state index in [4.69, 9.17) is 4.42 Å². The van der Waals surface area contributed by atoms with E-state index in [1.54, 1.807) is 0 Å². The van der Waals surface area contributed by atoms with E-state index in [0.717, 1.165) is 57.3 Å². The Labute approximate surface area is 310 Å². The van der Waals surface area contributed by atoms with Crippen molar-refractivity contribution in [2.75, 3.05) is 4.90 Å². The van der Waals surface area contributed by atoms with E-state index < -0.39 is 5.41 Å². The lowest BCUT2D eigenvalue weighted by atomic mass is 9.73. The average molecular weight is 681 g/mol. The molecule has 7 aromatic carbocycles. The summed E-state index contributed by atoms with van der Waals surface area (Å²) in [6.07, 6.45) is 0.865. The van der Waals surface area contributed by atoms with E-state index in [9.17, 15) is 5.26 Å². The van der Waals surface area contributed by atoms with Gasteiger partial charge in [-0.05, 0) is 100 Å². The molecule has 1 unspecified atom stereocenters. The predicted molar refractivity (Wildman–Crippen MR) is 216 cm³/mol. The van der Waals surface area contributed by atoms with Gasteiger partial charge >= 0.3 is 0 Å². The second-order valence-electron chi connectivity index (χ2n) is 13.5. The molecule has 3 nitrogen and oxygen atoms in total. The molecule has 1 atom stereocenters. The average Bonchev–Trinajstić information content (AvgIpc) is 3.77. The van der Waals surface area contributed by atoms with Gasteiger partial charge in [0, 0.05) is 33.8 Å². The Morgan fingerprint density at radius 1 is 0.509 bits per heavy atom. The maximum absolute atomic E-state index is 9.52. The van der Waals surface area contributed by atoms with Gasteiger partial charge < -0.3 is 9.32 Å². The fraction of sp³-hybridized carbons (Fsp3) is 0.0600. The molecule has 0 saturated heterocycles. The highest BCUT2D eigenvalue weighted by molar-refractivity contribution is 5.99. The van der Waals surface area contributed by atoms with Crippen molar-refractivity contribution in [2.45, 2.75) is 18.8 Å². The summed E-state index contributed by atoms with van der Waals surface area (Å²) in [5.74, 6) is 1.87. The van der Waals surface area contributed by atoms with Crippen molar-refractivity contribution in [1.82, 2.24) is 0 Å². The fourth-order valence-electron chi connectivity index (χ4n) is 8.16. The smallest absolute Gasteiger partial charge is 0.142 e. The molecule has 252 valence electrons. The Kier molecular flexibility index (Phi) is 8.07. The van der Waals surface area contributed by atoms with Crippen molar-refractivity contribution >= 4 is 17.1 Å². The largest absolute Gasteiger partial charge is 0.458 e.